The molecule has 0 aliphatic heterocycles. The first-order valence-electron chi connectivity index (χ1n) is 18.7. The molecule has 11 rings (SSSR count). The molecule has 11 aromatic rings. The van der Waals surface area contributed by atoms with E-state index >= 15 is 0 Å². The number of benzene rings is 8. The molecular weight excluding hydrogens is 703 g/mol. The van der Waals surface area contributed by atoms with E-state index in [4.69, 9.17) is 19.4 Å². The van der Waals surface area contributed by atoms with Crippen molar-refractivity contribution in [3.8, 4) is 67.5 Å². The molecule has 0 amide bonds. The second kappa shape index (κ2) is 13.3. The highest BCUT2D eigenvalue weighted by atomic mass is 32.1. The topological polar surface area (TPSA) is 51.8 Å². The minimum absolute atomic E-state index is 0.574. The molecule has 0 unspecified atom stereocenters. The molecule has 0 fully saturated rings. The second-order valence-corrected chi connectivity index (χ2v) is 15.1. The Bertz CT molecular complexity index is 3240. The van der Waals surface area contributed by atoms with E-state index in [1.807, 2.05) is 60.7 Å². The summed E-state index contributed by atoms with van der Waals surface area (Å²) in [6, 6.07) is 65.8. The minimum Gasteiger partial charge on any atom is -0.455 e. The Hall–Kier alpha value is -7.21. The number of hydrogen-bond acceptors (Lipinski definition) is 5. The van der Waals surface area contributed by atoms with Crippen LogP contribution in [0.3, 0.4) is 0 Å². The van der Waals surface area contributed by atoms with Crippen LogP contribution in [0.25, 0.3) is 110 Å². The van der Waals surface area contributed by atoms with Gasteiger partial charge >= 0.3 is 0 Å². The molecule has 8 aromatic carbocycles. The summed E-state index contributed by atoms with van der Waals surface area (Å²) in [5, 5.41) is 4.43. The summed E-state index contributed by atoms with van der Waals surface area (Å²) in [4.78, 5) is 15.5. The van der Waals surface area contributed by atoms with E-state index in [0.29, 0.717) is 17.5 Å². The lowest BCUT2D eigenvalue weighted by molar-refractivity contribution is 0.669. The van der Waals surface area contributed by atoms with Crippen molar-refractivity contribution in [3.63, 3.8) is 0 Å². The standard InChI is InChI=1S/C51H31N3OS/c1-3-12-32(13-4-1)36-16-9-17-37(30-36)33-24-26-34(27-25-33)38-28-29-45-43(31-38)47-41(20-11-23-46(47)56-45)50-52-49(35-14-5-2-6-15-35)53-51(54-50)42-21-10-19-40-39-18-7-8-22-44(39)55-48(40)42/h1-31H. The highest BCUT2D eigenvalue weighted by Crippen LogP contribution is 2.42. The van der Waals surface area contributed by atoms with Crippen molar-refractivity contribution in [3.05, 3.63) is 188 Å². The second-order valence-electron chi connectivity index (χ2n) is 14.0. The van der Waals surface area contributed by atoms with E-state index in [9.17, 15) is 0 Å². The van der Waals surface area contributed by atoms with Gasteiger partial charge in [-0.1, -0.05) is 152 Å². The third kappa shape index (κ3) is 5.56. The van der Waals surface area contributed by atoms with Crippen molar-refractivity contribution in [1.82, 2.24) is 15.0 Å². The first kappa shape index (κ1) is 32.2. The third-order valence-corrected chi connectivity index (χ3v) is 11.7. The Labute approximate surface area is 327 Å². The molecule has 0 atom stereocenters. The van der Waals surface area contributed by atoms with Gasteiger partial charge in [0.25, 0.3) is 0 Å². The van der Waals surface area contributed by atoms with E-state index in [-0.39, 0.29) is 0 Å². The molecule has 0 radical (unpaired) electrons. The maximum absolute atomic E-state index is 6.46. The van der Waals surface area contributed by atoms with E-state index in [2.05, 4.69) is 127 Å². The smallest absolute Gasteiger partial charge is 0.167 e. The molecule has 0 spiro atoms. The van der Waals surface area contributed by atoms with E-state index in [1.165, 1.54) is 42.6 Å². The summed E-state index contributed by atoms with van der Waals surface area (Å²) < 4.78 is 8.86. The molecular formula is C51H31N3OS. The van der Waals surface area contributed by atoms with Gasteiger partial charge in [-0.3, -0.25) is 0 Å². The first-order chi connectivity index (χ1) is 27.7. The predicted molar refractivity (Wildman–Crippen MR) is 233 cm³/mol. The maximum Gasteiger partial charge on any atom is 0.167 e. The zero-order chi connectivity index (χ0) is 37.0. The number of aromatic nitrogens is 3. The molecule has 0 N–H and O–H groups in total. The Morgan fingerprint density at radius 2 is 0.875 bits per heavy atom. The van der Waals surface area contributed by atoms with Crippen molar-refractivity contribution in [1.29, 1.82) is 0 Å². The van der Waals surface area contributed by atoms with E-state index in [0.717, 1.165) is 49.6 Å². The minimum atomic E-state index is 0.574. The maximum atomic E-state index is 6.46. The van der Waals surface area contributed by atoms with Gasteiger partial charge in [-0.25, -0.2) is 15.0 Å². The Morgan fingerprint density at radius 3 is 1.64 bits per heavy atom. The van der Waals surface area contributed by atoms with Crippen molar-refractivity contribution in [2.75, 3.05) is 0 Å². The van der Waals surface area contributed by atoms with Crippen molar-refractivity contribution < 1.29 is 4.42 Å². The van der Waals surface area contributed by atoms with Crippen LogP contribution in [0.15, 0.2) is 192 Å². The SMILES string of the molecule is c1ccc(-c2cccc(-c3ccc(-c4ccc5sc6cccc(-c7nc(-c8ccccc8)nc(-c8cccc9c8oc8ccccc89)n7)c6c5c4)cc3)c2)cc1. The molecule has 3 heterocycles. The van der Waals surface area contributed by atoms with E-state index < -0.39 is 0 Å². The van der Waals surface area contributed by atoms with Gasteiger partial charge in [-0.05, 0) is 69.8 Å². The average Bonchev–Trinajstić information content (AvgIpc) is 3.85. The zero-order valence-electron chi connectivity index (χ0n) is 30.1. The fourth-order valence-corrected chi connectivity index (χ4v) is 8.93. The lowest BCUT2D eigenvalue weighted by Gasteiger charge is -2.10. The lowest BCUT2D eigenvalue weighted by atomic mass is 9.96. The van der Waals surface area contributed by atoms with Gasteiger partial charge in [0.2, 0.25) is 0 Å². The highest BCUT2D eigenvalue weighted by molar-refractivity contribution is 7.26. The molecule has 0 bridgehead atoms. The molecule has 0 saturated carbocycles. The van der Waals surface area contributed by atoms with Crippen LogP contribution >= 0.6 is 11.3 Å². The van der Waals surface area contributed by atoms with Crippen LogP contribution in [0.4, 0.5) is 0 Å². The Kier molecular flexibility index (Phi) is 7.64. The number of para-hydroxylation sites is 2. The van der Waals surface area contributed by atoms with Gasteiger partial charge in [-0.15, -0.1) is 11.3 Å². The highest BCUT2D eigenvalue weighted by Gasteiger charge is 2.20. The monoisotopic (exact) mass is 733 g/mol. The van der Waals surface area contributed by atoms with Crippen LogP contribution in [0, 0.1) is 0 Å². The summed E-state index contributed by atoms with van der Waals surface area (Å²) >= 11 is 1.79. The zero-order valence-corrected chi connectivity index (χ0v) is 30.9. The van der Waals surface area contributed by atoms with Gasteiger partial charge in [-0.2, -0.15) is 0 Å². The number of furan rings is 1. The number of nitrogens with zero attached hydrogens (tertiary/aromatic N) is 3. The largest absolute Gasteiger partial charge is 0.455 e. The van der Waals surface area contributed by atoms with Crippen molar-refractivity contribution in [2.45, 2.75) is 0 Å². The van der Waals surface area contributed by atoms with Gasteiger partial charge in [0.1, 0.15) is 11.2 Å². The van der Waals surface area contributed by atoms with E-state index in [1.54, 1.807) is 11.3 Å². The summed E-state index contributed by atoms with van der Waals surface area (Å²) in [7, 11) is 0. The number of thiophene rings is 1. The van der Waals surface area contributed by atoms with Crippen LogP contribution in [0.2, 0.25) is 0 Å². The lowest BCUT2D eigenvalue weighted by Crippen LogP contribution is -2.00. The molecule has 262 valence electrons. The van der Waals surface area contributed by atoms with Gasteiger partial charge in [0.15, 0.2) is 17.5 Å². The van der Waals surface area contributed by atoms with Crippen molar-refractivity contribution >= 4 is 53.4 Å². The molecule has 0 aliphatic rings. The summed E-state index contributed by atoms with van der Waals surface area (Å²) in [5.74, 6) is 1.82. The van der Waals surface area contributed by atoms with Crippen LogP contribution < -0.4 is 0 Å². The normalized spacial score (nSPS) is 11.6. The van der Waals surface area contributed by atoms with Crippen molar-refractivity contribution in [2.24, 2.45) is 0 Å². The number of fused-ring (bicyclic) bond motifs is 6. The molecule has 0 aliphatic carbocycles. The fourth-order valence-electron chi connectivity index (χ4n) is 7.81. The van der Waals surface area contributed by atoms with Crippen LogP contribution in [0.1, 0.15) is 0 Å². The first-order valence-corrected chi connectivity index (χ1v) is 19.5. The molecule has 0 saturated heterocycles. The number of hydrogen-bond donors (Lipinski definition) is 0. The molecule has 5 heteroatoms. The number of rotatable bonds is 6. The fraction of sp³-hybridized carbons (Fsp3) is 0. The van der Waals surface area contributed by atoms with Gasteiger partial charge < -0.3 is 4.42 Å². The van der Waals surface area contributed by atoms with Crippen LogP contribution in [-0.2, 0) is 0 Å². The van der Waals surface area contributed by atoms with Gasteiger partial charge in [0.05, 0.1) is 5.56 Å². The average molecular weight is 734 g/mol. The summed E-state index contributed by atoms with van der Waals surface area (Å²) in [5.41, 5.74) is 11.5. The third-order valence-electron chi connectivity index (χ3n) is 10.6. The quantitative estimate of drug-likeness (QED) is 0.171. The summed E-state index contributed by atoms with van der Waals surface area (Å²) in [6.07, 6.45) is 0. The van der Waals surface area contributed by atoms with Gasteiger partial charge in [0, 0.05) is 42.1 Å². The Balaban J connectivity index is 1.04. The predicted octanol–water partition coefficient (Wildman–Crippen LogP) is 14.1. The van der Waals surface area contributed by atoms with Crippen LogP contribution in [-0.4, -0.2) is 15.0 Å². The van der Waals surface area contributed by atoms with Crippen LogP contribution in [0.5, 0.6) is 0 Å². The molecule has 56 heavy (non-hydrogen) atoms. The summed E-state index contributed by atoms with van der Waals surface area (Å²) in [6.45, 7) is 0. The molecule has 3 aromatic heterocycles. The Morgan fingerprint density at radius 1 is 0.339 bits per heavy atom. The molecule has 4 nitrogen and oxygen atoms in total.